The van der Waals surface area contributed by atoms with Crippen LogP contribution in [0.4, 0.5) is 0 Å². The van der Waals surface area contributed by atoms with Crippen molar-refractivity contribution in [3.8, 4) is 0 Å². The van der Waals surface area contributed by atoms with Gasteiger partial charge in [0.05, 0.1) is 18.7 Å². The quantitative estimate of drug-likeness (QED) is 0.939. The highest BCUT2D eigenvalue weighted by molar-refractivity contribution is 7.12. The molecular formula is C17H17NO4S. The smallest absolute Gasteiger partial charge is 0.345 e. The van der Waals surface area contributed by atoms with Gasteiger partial charge < -0.3 is 14.7 Å². The number of amides is 1. The summed E-state index contributed by atoms with van der Waals surface area (Å²) in [4.78, 5) is 25.5. The second-order valence-corrected chi connectivity index (χ2v) is 6.59. The zero-order valence-corrected chi connectivity index (χ0v) is 13.5. The molecule has 120 valence electrons. The first-order valence-corrected chi connectivity index (χ1v) is 8.18. The van der Waals surface area contributed by atoms with E-state index in [1.165, 1.54) is 6.07 Å². The summed E-state index contributed by atoms with van der Waals surface area (Å²) in [6.45, 7) is 3.36. The molecule has 6 heteroatoms. The highest BCUT2D eigenvalue weighted by Gasteiger charge is 2.36. The van der Waals surface area contributed by atoms with E-state index in [9.17, 15) is 9.59 Å². The molecule has 1 unspecified atom stereocenters. The van der Waals surface area contributed by atoms with Gasteiger partial charge in [-0.3, -0.25) is 4.79 Å². The maximum Gasteiger partial charge on any atom is 0.345 e. The maximum atomic E-state index is 12.6. The molecule has 1 N–H and O–H groups in total. The van der Waals surface area contributed by atoms with Crippen LogP contribution in [-0.4, -0.2) is 41.6 Å². The zero-order valence-electron chi connectivity index (χ0n) is 12.7. The average Bonchev–Trinajstić information content (AvgIpc) is 3.05. The molecule has 0 radical (unpaired) electrons. The summed E-state index contributed by atoms with van der Waals surface area (Å²) in [5, 5.41) is 10.6. The van der Waals surface area contributed by atoms with Crippen LogP contribution in [0.2, 0.25) is 0 Å². The summed E-state index contributed by atoms with van der Waals surface area (Å²) in [5.74, 6) is -1.16. The van der Waals surface area contributed by atoms with Gasteiger partial charge in [0, 0.05) is 11.9 Å². The molecule has 1 saturated heterocycles. The Bertz CT molecular complexity index is 727. The Labute approximate surface area is 138 Å². The van der Waals surface area contributed by atoms with Crippen LogP contribution in [0.25, 0.3) is 0 Å². The number of morpholine rings is 1. The summed E-state index contributed by atoms with van der Waals surface area (Å²) in [7, 11) is 0. The number of carboxylic acid groups (broad SMARTS) is 1. The zero-order chi connectivity index (χ0) is 16.4. The van der Waals surface area contributed by atoms with E-state index in [1.807, 2.05) is 37.3 Å². The van der Waals surface area contributed by atoms with Crippen LogP contribution < -0.4 is 0 Å². The van der Waals surface area contributed by atoms with Gasteiger partial charge >= 0.3 is 5.97 Å². The lowest BCUT2D eigenvalue weighted by Gasteiger charge is -2.40. The third kappa shape index (κ3) is 3.13. The monoisotopic (exact) mass is 331 g/mol. The Morgan fingerprint density at radius 1 is 1.30 bits per heavy atom. The van der Waals surface area contributed by atoms with Gasteiger partial charge in [0.25, 0.3) is 5.91 Å². The average molecular weight is 331 g/mol. The minimum absolute atomic E-state index is 0.154. The Morgan fingerprint density at radius 3 is 2.70 bits per heavy atom. The van der Waals surface area contributed by atoms with E-state index in [-0.39, 0.29) is 10.8 Å². The molecule has 0 saturated carbocycles. The standard InChI is InChI=1S/C17H17NO4S/c1-17(13-5-3-2-4-6-13)11-18(7-8-22-17)15(19)12-9-14(16(20)21)23-10-12/h2-6,9-10H,7-8,11H2,1H3,(H,20,21). The number of hydrogen-bond acceptors (Lipinski definition) is 4. The number of carbonyl (C=O) groups is 2. The van der Waals surface area contributed by atoms with Crippen molar-refractivity contribution >= 4 is 23.2 Å². The van der Waals surface area contributed by atoms with Gasteiger partial charge in [-0.25, -0.2) is 4.79 Å². The van der Waals surface area contributed by atoms with E-state index >= 15 is 0 Å². The van der Waals surface area contributed by atoms with Crippen molar-refractivity contribution in [2.45, 2.75) is 12.5 Å². The number of aromatic carboxylic acids is 1. The van der Waals surface area contributed by atoms with E-state index in [1.54, 1.807) is 10.3 Å². The number of ether oxygens (including phenoxy) is 1. The topological polar surface area (TPSA) is 66.8 Å². The molecule has 1 aromatic heterocycles. The predicted octanol–water partition coefficient (Wildman–Crippen LogP) is 2.83. The molecule has 1 atom stereocenters. The van der Waals surface area contributed by atoms with Crippen LogP contribution in [0.3, 0.4) is 0 Å². The van der Waals surface area contributed by atoms with Crippen molar-refractivity contribution in [2.75, 3.05) is 19.7 Å². The third-order valence-corrected chi connectivity index (χ3v) is 4.92. The number of rotatable bonds is 3. The van der Waals surface area contributed by atoms with Crippen molar-refractivity contribution < 1.29 is 19.4 Å². The number of carboxylic acids is 1. The van der Waals surface area contributed by atoms with Crippen LogP contribution in [0, 0.1) is 0 Å². The van der Waals surface area contributed by atoms with E-state index in [0.717, 1.165) is 16.9 Å². The summed E-state index contributed by atoms with van der Waals surface area (Å²) >= 11 is 1.07. The summed E-state index contributed by atoms with van der Waals surface area (Å²) in [6, 6.07) is 11.2. The normalized spacial score (nSPS) is 21.2. The Hall–Kier alpha value is -2.18. The van der Waals surface area contributed by atoms with Crippen LogP contribution in [0.15, 0.2) is 41.8 Å². The van der Waals surface area contributed by atoms with E-state index < -0.39 is 11.6 Å². The molecule has 0 bridgehead atoms. The maximum absolute atomic E-state index is 12.6. The molecule has 1 aliphatic heterocycles. The van der Waals surface area contributed by atoms with Crippen LogP contribution >= 0.6 is 11.3 Å². The lowest BCUT2D eigenvalue weighted by atomic mass is 9.93. The number of nitrogens with zero attached hydrogens (tertiary/aromatic N) is 1. The number of thiophene rings is 1. The highest BCUT2D eigenvalue weighted by atomic mass is 32.1. The Morgan fingerprint density at radius 2 is 2.04 bits per heavy atom. The molecule has 1 amide bonds. The molecule has 1 fully saturated rings. The SMILES string of the molecule is CC1(c2ccccc2)CN(C(=O)c2csc(C(=O)O)c2)CCO1. The van der Waals surface area contributed by atoms with Crippen molar-refractivity contribution in [2.24, 2.45) is 0 Å². The fourth-order valence-electron chi connectivity index (χ4n) is 2.75. The highest BCUT2D eigenvalue weighted by Crippen LogP contribution is 2.30. The largest absolute Gasteiger partial charge is 0.477 e. The van der Waals surface area contributed by atoms with Crippen molar-refractivity contribution in [3.05, 3.63) is 57.8 Å². The van der Waals surface area contributed by atoms with Crippen molar-refractivity contribution in [1.29, 1.82) is 0 Å². The van der Waals surface area contributed by atoms with E-state index in [4.69, 9.17) is 9.84 Å². The van der Waals surface area contributed by atoms with E-state index in [0.29, 0.717) is 25.3 Å². The van der Waals surface area contributed by atoms with Gasteiger partial charge in [-0.2, -0.15) is 0 Å². The summed E-state index contributed by atoms with van der Waals surface area (Å²) < 4.78 is 5.93. The van der Waals surface area contributed by atoms with Crippen molar-refractivity contribution in [3.63, 3.8) is 0 Å². The van der Waals surface area contributed by atoms with E-state index in [2.05, 4.69) is 0 Å². The fraction of sp³-hybridized carbons (Fsp3) is 0.294. The minimum atomic E-state index is -1.01. The molecule has 23 heavy (non-hydrogen) atoms. The first kappa shape index (κ1) is 15.7. The molecule has 0 spiro atoms. The predicted molar refractivity (Wildman–Crippen MR) is 86.9 cm³/mol. The van der Waals surface area contributed by atoms with Gasteiger partial charge in [0.1, 0.15) is 10.5 Å². The molecule has 1 aliphatic rings. The molecule has 2 aromatic rings. The molecule has 0 aliphatic carbocycles. The fourth-order valence-corrected chi connectivity index (χ4v) is 3.47. The van der Waals surface area contributed by atoms with Crippen molar-refractivity contribution in [1.82, 2.24) is 4.90 Å². The summed E-state index contributed by atoms with van der Waals surface area (Å²) in [5.41, 5.74) is 0.889. The number of hydrogen-bond donors (Lipinski definition) is 1. The van der Waals surface area contributed by atoms with Crippen LogP contribution in [-0.2, 0) is 10.3 Å². The third-order valence-electron chi connectivity index (χ3n) is 4.00. The Balaban J connectivity index is 1.80. The van der Waals surface area contributed by atoms with Crippen LogP contribution in [0.5, 0.6) is 0 Å². The van der Waals surface area contributed by atoms with Gasteiger partial charge in [-0.05, 0) is 18.6 Å². The molecular weight excluding hydrogens is 314 g/mol. The first-order valence-electron chi connectivity index (χ1n) is 7.30. The molecule has 3 rings (SSSR count). The summed E-state index contributed by atoms with van der Waals surface area (Å²) in [6.07, 6.45) is 0. The Kier molecular flexibility index (Phi) is 4.19. The lowest BCUT2D eigenvalue weighted by molar-refractivity contribution is -0.0930. The second kappa shape index (κ2) is 6.14. The number of carbonyl (C=O) groups excluding carboxylic acids is 1. The number of benzene rings is 1. The molecule has 5 nitrogen and oxygen atoms in total. The van der Waals surface area contributed by atoms with Gasteiger partial charge in [0.15, 0.2) is 0 Å². The molecule has 2 heterocycles. The lowest BCUT2D eigenvalue weighted by Crippen LogP contribution is -2.50. The molecule has 1 aromatic carbocycles. The van der Waals surface area contributed by atoms with Gasteiger partial charge in [0.2, 0.25) is 0 Å². The van der Waals surface area contributed by atoms with Gasteiger partial charge in [-0.1, -0.05) is 30.3 Å². The minimum Gasteiger partial charge on any atom is -0.477 e. The van der Waals surface area contributed by atoms with Gasteiger partial charge in [-0.15, -0.1) is 11.3 Å². The van der Waals surface area contributed by atoms with Crippen LogP contribution in [0.1, 0.15) is 32.5 Å². The second-order valence-electron chi connectivity index (χ2n) is 5.68. The first-order chi connectivity index (χ1) is 11.0.